The van der Waals surface area contributed by atoms with E-state index in [-0.39, 0.29) is 5.91 Å². The summed E-state index contributed by atoms with van der Waals surface area (Å²) in [7, 11) is 1.59. The average Bonchev–Trinajstić information content (AvgIpc) is 2.35. The maximum Gasteiger partial charge on any atom is 0.221 e. The van der Waals surface area contributed by atoms with Crippen molar-refractivity contribution >= 4 is 28.9 Å². The molecule has 18 heavy (non-hydrogen) atoms. The fourth-order valence-electron chi connectivity index (χ4n) is 1.38. The Morgan fingerprint density at radius 1 is 1.44 bits per heavy atom. The molecule has 0 aliphatic heterocycles. The second-order valence-corrected chi connectivity index (χ2v) is 4.13. The van der Waals surface area contributed by atoms with Crippen LogP contribution >= 0.6 is 11.6 Å². The Morgan fingerprint density at radius 2 is 2.22 bits per heavy atom. The molecule has 0 aliphatic rings. The normalized spacial score (nSPS) is 10.1. The highest BCUT2D eigenvalue weighted by Gasteiger charge is 2.04. The highest BCUT2D eigenvalue weighted by molar-refractivity contribution is 6.33. The number of rotatable bonds is 7. The minimum atomic E-state index is -0.0276. The summed E-state index contributed by atoms with van der Waals surface area (Å²) in [6.07, 6.45) is 0.371. The Hall–Kier alpha value is -1.46. The third-order valence-electron chi connectivity index (χ3n) is 2.35. The molecule has 0 aliphatic carbocycles. The number of nitrogens with one attached hydrogen (secondary N) is 2. The molecule has 0 unspecified atom stereocenters. The molecule has 0 fully saturated rings. The molecule has 4 N–H and O–H groups in total. The van der Waals surface area contributed by atoms with Crippen LogP contribution in [0, 0.1) is 0 Å². The first-order valence-corrected chi connectivity index (χ1v) is 6.06. The molecule has 100 valence electrons. The Kier molecular flexibility index (Phi) is 6.32. The van der Waals surface area contributed by atoms with Crippen LogP contribution < -0.4 is 16.4 Å². The van der Waals surface area contributed by atoms with E-state index in [0.717, 1.165) is 5.69 Å². The van der Waals surface area contributed by atoms with Gasteiger partial charge in [0.25, 0.3) is 0 Å². The van der Waals surface area contributed by atoms with Gasteiger partial charge in [0.1, 0.15) is 0 Å². The van der Waals surface area contributed by atoms with Gasteiger partial charge >= 0.3 is 0 Å². The molecule has 6 heteroatoms. The summed E-state index contributed by atoms with van der Waals surface area (Å²) < 4.78 is 4.83. The Morgan fingerprint density at radius 3 is 2.94 bits per heavy atom. The summed E-state index contributed by atoms with van der Waals surface area (Å²) in [5.74, 6) is -0.0276. The number of hydrogen-bond acceptors (Lipinski definition) is 4. The van der Waals surface area contributed by atoms with Crippen molar-refractivity contribution in [3.05, 3.63) is 23.2 Å². The number of anilines is 2. The molecule has 5 nitrogen and oxygen atoms in total. The average molecular weight is 272 g/mol. The molecule has 0 saturated carbocycles. The van der Waals surface area contributed by atoms with Gasteiger partial charge in [0.05, 0.1) is 23.0 Å². The molecule has 0 atom stereocenters. The van der Waals surface area contributed by atoms with E-state index in [1.165, 1.54) is 0 Å². The number of halogens is 1. The van der Waals surface area contributed by atoms with Crippen LogP contribution in [0.2, 0.25) is 5.02 Å². The van der Waals surface area contributed by atoms with Crippen LogP contribution in [-0.2, 0) is 9.53 Å². The van der Waals surface area contributed by atoms with Crippen molar-refractivity contribution in [1.29, 1.82) is 0 Å². The number of carbonyl (C=O) groups is 1. The highest BCUT2D eigenvalue weighted by atomic mass is 35.5. The summed E-state index contributed by atoms with van der Waals surface area (Å²) >= 11 is 5.88. The fourth-order valence-corrected chi connectivity index (χ4v) is 1.56. The first-order chi connectivity index (χ1) is 8.65. The number of ether oxygens (including phenoxy) is 1. The number of para-hydroxylation sites is 1. The minimum Gasteiger partial charge on any atom is -0.396 e. The topological polar surface area (TPSA) is 76.4 Å². The maximum atomic E-state index is 11.4. The molecular formula is C12H18ClN3O2. The maximum absolute atomic E-state index is 11.4. The third kappa shape index (κ3) is 4.81. The number of carbonyl (C=O) groups excluding carboxylic acids is 1. The van der Waals surface area contributed by atoms with Crippen molar-refractivity contribution in [2.24, 2.45) is 0 Å². The smallest absolute Gasteiger partial charge is 0.221 e. The van der Waals surface area contributed by atoms with Crippen molar-refractivity contribution in [3.63, 3.8) is 0 Å². The number of hydrogen-bond donors (Lipinski definition) is 3. The quantitative estimate of drug-likeness (QED) is 0.519. The van der Waals surface area contributed by atoms with Gasteiger partial charge in [0, 0.05) is 26.6 Å². The first-order valence-electron chi connectivity index (χ1n) is 5.68. The molecule has 0 spiro atoms. The largest absolute Gasteiger partial charge is 0.396 e. The molecule has 1 amide bonds. The monoisotopic (exact) mass is 271 g/mol. The lowest BCUT2D eigenvalue weighted by Gasteiger charge is -2.10. The van der Waals surface area contributed by atoms with Gasteiger partial charge in [-0.25, -0.2) is 0 Å². The van der Waals surface area contributed by atoms with Gasteiger partial charge in [0.2, 0.25) is 5.91 Å². The van der Waals surface area contributed by atoms with E-state index >= 15 is 0 Å². The van der Waals surface area contributed by atoms with Gasteiger partial charge < -0.3 is 21.1 Å². The Labute approximate surface area is 112 Å². The number of nitrogens with two attached hydrogens (primary N) is 1. The van der Waals surface area contributed by atoms with Crippen LogP contribution in [0.15, 0.2) is 18.2 Å². The zero-order chi connectivity index (χ0) is 13.4. The fraction of sp³-hybridized carbons (Fsp3) is 0.417. The lowest BCUT2D eigenvalue weighted by molar-refractivity contribution is -0.121. The summed E-state index contributed by atoms with van der Waals surface area (Å²) in [4.78, 5) is 11.4. The lowest BCUT2D eigenvalue weighted by Crippen LogP contribution is -2.28. The molecular weight excluding hydrogens is 254 g/mol. The summed E-state index contributed by atoms with van der Waals surface area (Å²) in [5.41, 5.74) is 7.03. The second-order valence-electron chi connectivity index (χ2n) is 3.72. The molecule has 1 rings (SSSR count). The summed E-state index contributed by atoms with van der Waals surface area (Å²) in [6.45, 7) is 1.54. The van der Waals surface area contributed by atoms with Gasteiger partial charge in [-0.1, -0.05) is 17.7 Å². The van der Waals surface area contributed by atoms with Crippen molar-refractivity contribution in [2.45, 2.75) is 6.42 Å². The lowest BCUT2D eigenvalue weighted by atomic mass is 10.2. The van der Waals surface area contributed by atoms with Gasteiger partial charge in [-0.2, -0.15) is 0 Å². The van der Waals surface area contributed by atoms with E-state index in [2.05, 4.69) is 10.6 Å². The number of amides is 1. The van der Waals surface area contributed by atoms with Crippen LogP contribution in [0.4, 0.5) is 11.4 Å². The van der Waals surface area contributed by atoms with E-state index in [9.17, 15) is 4.79 Å². The SMILES string of the molecule is COCCNC(=O)CCNc1cccc(Cl)c1N. The van der Waals surface area contributed by atoms with Gasteiger partial charge in [-0.3, -0.25) is 4.79 Å². The predicted molar refractivity (Wildman–Crippen MR) is 73.9 cm³/mol. The van der Waals surface area contributed by atoms with Crippen molar-refractivity contribution in [3.8, 4) is 0 Å². The van der Waals surface area contributed by atoms with Crippen molar-refractivity contribution in [1.82, 2.24) is 5.32 Å². The molecule has 0 saturated heterocycles. The van der Waals surface area contributed by atoms with Crippen LogP contribution in [0.1, 0.15) is 6.42 Å². The van der Waals surface area contributed by atoms with Crippen LogP contribution in [0.3, 0.4) is 0 Å². The number of nitrogen functional groups attached to an aromatic ring is 1. The highest BCUT2D eigenvalue weighted by Crippen LogP contribution is 2.26. The number of benzene rings is 1. The molecule has 0 bridgehead atoms. The number of methoxy groups -OCH3 is 1. The van der Waals surface area contributed by atoms with Gasteiger partial charge in [-0.05, 0) is 12.1 Å². The standard InChI is InChI=1S/C12H18ClN3O2/c1-18-8-7-16-11(17)5-6-15-10-4-2-3-9(13)12(10)14/h2-4,15H,5-8,14H2,1H3,(H,16,17). The zero-order valence-corrected chi connectivity index (χ0v) is 11.1. The zero-order valence-electron chi connectivity index (χ0n) is 10.3. The predicted octanol–water partition coefficient (Wildman–Crippen LogP) is 1.49. The molecule has 1 aromatic rings. The molecule has 0 radical (unpaired) electrons. The molecule has 1 aromatic carbocycles. The van der Waals surface area contributed by atoms with Crippen LogP contribution in [0.5, 0.6) is 0 Å². The third-order valence-corrected chi connectivity index (χ3v) is 2.68. The van der Waals surface area contributed by atoms with E-state index in [4.69, 9.17) is 22.1 Å². The van der Waals surface area contributed by atoms with Gasteiger partial charge in [0.15, 0.2) is 0 Å². The van der Waals surface area contributed by atoms with Crippen LogP contribution in [-0.4, -0.2) is 32.7 Å². The van der Waals surface area contributed by atoms with Crippen molar-refractivity contribution in [2.75, 3.05) is 37.9 Å². The van der Waals surface area contributed by atoms with E-state index in [1.54, 1.807) is 19.2 Å². The first kappa shape index (κ1) is 14.6. The van der Waals surface area contributed by atoms with E-state index < -0.39 is 0 Å². The summed E-state index contributed by atoms with van der Waals surface area (Å²) in [5, 5.41) is 6.31. The Bertz CT molecular complexity index is 399. The minimum absolute atomic E-state index is 0.0276. The Balaban J connectivity index is 2.29. The summed E-state index contributed by atoms with van der Waals surface area (Å²) in [6, 6.07) is 5.35. The van der Waals surface area contributed by atoms with Crippen molar-refractivity contribution < 1.29 is 9.53 Å². The second kappa shape index (κ2) is 7.79. The molecule has 0 heterocycles. The van der Waals surface area contributed by atoms with E-state index in [1.807, 2.05) is 6.07 Å². The molecule has 0 aromatic heterocycles. The van der Waals surface area contributed by atoms with Crippen LogP contribution in [0.25, 0.3) is 0 Å². The van der Waals surface area contributed by atoms with E-state index in [0.29, 0.717) is 36.8 Å². The van der Waals surface area contributed by atoms with Gasteiger partial charge in [-0.15, -0.1) is 0 Å².